The molecule has 0 bridgehead atoms. The van der Waals surface area contributed by atoms with Crippen LogP contribution in [0.25, 0.3) is 33.4 Å². The van der Waals surface area contributed by atoms with Crippen LogP contribution in [0.5, 0.6) is 23.0 Å². The predicted molar refractivity (Wildman–Crippen MR) is 278 cm³/mol. The van der Waals surface area contributed by atoms with E-state index in [-0.39, 0.29) is 0 Å². The van der Waals surface area contributed by atoms with Crippen LogP contribution >= 0.6 is 0 Å². The maximum Gasteiger partial charge on any atom is 0.178 e. The van der Waals surface area contributed by atoms with Gasteiger partial charge in [0.15, 0.2) is 23.0 Å². The van der Waals surface area contributed by atoms with Gasteiger partial charge in [0.1, 0.15) is 0 Å². The average molecular weight is 877 g/mol. The number of para-hydroxylation sites is 1. The van der Waals surface area contributed by atoms with Crippen molar-refractivity contribution in [2.24, 2.45) is 0 Å². The molecule has 2 aliphatic carbocycles. The largest absolute Gasteiger partial charge is 0.449 e. The summed E-state index contributed by atoms with van der Waals surface area (Å²) in [5.41, 5.74) is 15.2. The van der Waals surface area contributed by atoms with Gasteiger partial charge in [-0.2, -0.15) is 5.26 Å². The Balaban J connectivity index is 0.00000103. The Kier molecular flexibility index (Phi) is 12.0. The summed E-state index contributed by atoms with van der Waals surface area (Å²) in [7, 11) is 0. The molecule has 0 amide bonds. The van der Waals surface area contributed by atoms with Gasteiger partial charge >= 0.3 is 0 Å². The van der Waals surface area contributed by atoms with Gasteiger partial charge in [-0.25, -0.2) is 0 Å². The van der Waals surface area contributed by atoms with E-state index in [0.717, 1.165) is 68.7 Å². The highest BCUT2D eigenvalue weighted by atomic mass is 16.6. The molecule has 0 radical (unpaired) electrons. The van der Waals surface area contributed by atoms with Crippen LogP contribution in [0, 0.1) is 16.7 Å². The molecule has 8 aromatic carbocycles. The summed E-state index contributed by atoms with van der Waals surface area (Å²) in [6, 6.07) is 68.7. The number of rotatable bonds is 9. The Morgan fingerprint density at radius 1 is 0.632 bits per heavy atom. The lowest BCUT2D eigenvalue weighted by molar-refractivity contribution is 0.359. The SMILES string of the molecule is C=C/C=C\C.N#Cc1cccc(-c2cccc(/C(=C\C(=N)c3ccccc3)c3cccc(-c4cccc5c4Oc4c(ccc6c4C4=C(C=CCC4)C6(c4ccccc4)c4ccccc4)O5)c3)c2)c1. The summed E-state index contributed by atoms with van der Waals surface area (Å²) in [4.78, 5) is 0. The number of nitrogens with one attached hydrogen (secondary N) is 1. The zero-order valence-electron chi connectivity index (χ0n) is 37.8. The van der Waals surface area contributed by atoms with Gasteiger partial charge in [0.2, 0.25) is 0 Å². The Morgan fingerprint density at radius 2 is 1.24 bits per heavy atom. The van der Waals surface area contributed by atoms with E-state index in [0.29, 0.717) is 28.5 Å². The lowest BCUT2D eigenvalue weighted by Crippen LogP contribution is -2.29. The second kappa shape index (κ2) is 19.0. The molecule has 0 saturated heterocycles. The van der Waals surface area contributed by atoms with Gasteiger partial charge in [-0.15, -0.1) is 0 Å². The van der Waals surface area contributed by atoms with Crippen molar-refractivity contribution in [1.82, 2.24) is 0 Å². The fourth-order valence-electron chi connectivity index (χ4n) is 9.90. The lowest BCUT2D eigenvalue weighted by Gasteiger charge is -2.35. The molecule has 0 aromatic heterocycles. The van der Waals surface area contributed by atoms with Crippen molar-refractivity contribution in [2.75, 3.05) is 0 Å². The molecule has 1 N–H and O–H groups in total. The standard InChI is InChI=1S/C59H40N2O2.C5H8/c60-38-39-16-12-19-41(34-39)42-20-13-22-44(35-42)50(37-53(61)40-17-4-1-5-18-40)45-23-14-21-43(36-45)48-29-15-31-54-57(48)63-58-55(62-54)33-32-52-56(58)49-28-10-11-30-51(49)59(52,46-24-6-2-7-25-46)47-26-8-3-9-27-47;1-3-5-4-2/h1-9,11-27,29-37,61H,10,28H2;3-5H,1H2,2H3/b50-37+,61-53?;5-4-. The van der Waals surface area contributed by atoms with E-state index in [1.165, 1.54) is 27.8 Å². The van der Waals surface area contributed by atoms with E-state index in [4.69, 9.17) is 9.47 Å². The topological polar surface area (TPSA) is 66.1 Å². The van der Waals surface area contributed by atoms with Crippen LogP contribution in [-0.4, -0.2) is 5.71 Å². The highest BCUT2D eigenvalue weighted by molar-refractivity contribution is 6.12. The number of allylic oxidation sites excluding steroid dienone is 8. The molecule has 8 aromatic rings. The van der Waals surface area contributed by atoms with Gasteiger partial charge in [-0.05, 0) is 129 Å². The summed E-state index contributed by atoms with van der Waals surface area (Å²) >= 11 is 0. The molecule has 1 heterocycles. The fourth-order valence-corrected chi connectivity index (χ4v) is 9.90. The molecule has 68 heavy (non-hydrogen) atoms. The third-order valence-corrected chi connectivity index (χ3v) is 12.9. The van der Waals surface area contributed by atoms with E-state index in [2.05, 4.69) is 146 Å². The smallest absolute Gasteiger partial charge is 0.178 e. The molecule has 3 aliphatic rings. The zero-order valence-corrected chi connectivity index (χ0v) is 37.8. The van der Waals surface area contributed by atoms with Crippen molar-refractivity contribution in [3.63, 3.8) is 0 Å². The Morgan fingerprint density at radius 3 is 1.90 bits per heavy atom. The van der Waals surface area contributed by atoms with Crippen LogP contribution in [0.15, 0.2) is 243 Å². The summed E-state index contributed by atoms with van der Waals surface area (Å²) < 4.78 is 14.1. The van der Waals surface area contributed by atoms with E-state index in [1.54, 1.807) is 6.08 Å². The number of nitrogens with zero attached hydrogens (tertiary/aromatic N) is 1. The number of hydrogen-bond donors (Lipinski definition) is 1. The summed E-state index contributed by atoms with van der Waals surface area (Å²) in [5.74, 6) is 2.78. The molecular weight excluding hydrogens is 829 g/mol. The van der Waals surface area contributed by atoms with Gasteiger partial charge in [-0.1, -0.05) is 195 Å². The van der Waals surface area contributed by atoms with Crippen molar-refractivity contribution in [3.05, 3.63) is 287 Å². The summed E-state index contributed by atoms with van der Waals surface area (Å²) in [5, 5.41) is 18.9. The maximum absolute atomic E-state index is 9.64. The molecule has 11 rings (SSSR count). The summed E-state index contributed by atoms with van der Waals surface area (Å²) in [6.45, 7) is 5.42. The second-order valence-electron chi connectivity index (χ2n) is 16.9. The van der Waals surface area contributed by atoms with E-state index in [1.807, 2.05) is 97.9 Å². The fraction of sp³-hybridized carbons (Fsp3) is 0.0625. The number of hydrogen-bond acceptors (Lipinski definition) is 4. The normalized spacial score (nSPS) is 13.9. The lowest BCUT2D eigenvalue weighted by atomic mass is 9.66. The molecule has 0 fully saturated rings. The first-order valence-electron chi connectivity index (χ1n) is 23.0. The van der Waals surface area contributed by atoms with E-state index >= 15 is 0 Å². The number of benzene rings is 8. The van der Waals surface area contributed by atoms with Gasteiger partial charge in [0, 0.05) is 11.1 Å². The van der Waals surface area contributed by atoms with Gasteiger partial charge in [0.25, 0.3) is 0 Å². The summed E-state index contributed by atoms with van der Waals surface area (Å²) in [6.07, 6.45) is 14.0. The number of fused-ring (bicyclic) bond motifs is 5. The molecule has 0 unspecified atom stereocenters. The first-order valence-corrected chi connectivity index (χ1v) is 23.0. The number of nitriles is 1. The van der Waals surface area contributed by atoms with E-state index < -0.39 is 5.41 Å². The van der Waals surface area contributed by atoms with Crippen molar-refractivity contribution in [3.8, 4) is 51.3 Å². The minimum absolute atomic E-state index is 0.403. The molecule has 0 atom stereocenters. The maximum atomic E-state index is 9.64. The molecule has 326 valence electrons. The van der Waals surface area contributed by atoms with Crippen molar-refractivity contribution < 1.29 is 9.47 Å². The minimum Gasteiger partial charge on any atom is -0.449 e. The Labute approximate surface area is 399 Å². The van der Waals surface area contributed by atoms with Crippen LogP contribution in [0.2, 0.25) is 0 Å². The Bertz CT molecular complexity index is 3350. The van der Waals surface area contributed by atoms with Crippen LogP contribution < -0.4 is 9.47 Å². The third-order valence-electron chi connectivity index (χ3n) is 12.9. The molecule has 4 nitrogen and oxygen atoms in total. The first-order chi connectivity index (χ1) is 33.5. The van der Waals surface area contributed by atoms with E-state index in [9.17, 15) is 10.7 Å². The van der Waals surface area contributed by atoms with Crippen molar-refractivity contribution in [2.45, 2.75) is 25.2 Å². The van der Waals surface area contributed by atoms with Gasteiger partial charge < -0.3 is 14.9 Å². The highest BCUT2D eigenvalue weighted by Crippen LogP contribution is 2.62. The van der Waals surface area contributed by atoms with Crippen LogP contribution in [0.3, 0.4) is 0 Å². The molecule has 4 heteroatoms. The predicted octanol–water partition coefficient (Wildman–Crippen LogP) is 16.5. The zero-order chi connectivity index (χ0) is 46.5. The van der Waals surface area contributed by atoms with Crippen molar-refractivity contribution >= 4 is 16.9 Å². The molecule has 1 aliphatic heterocycles. The molecule has 0 spiro atoms. The second-order valence-corrected chi connectivity index (χ2v) is 16.9. The molecular formula is C64H48N2O2. The third kappa shape index (κ3) is 7.91. The Hall–Kier alpha value is -8.78. The van der Waals surface area contributed by atoms with Crippen molar-refractivity contribution in [1.29, 1.82) is 10.7 Å². The minimum atomic E-state index is -0.525. The van der Waals surface area contributed by atoms with Crippen LogP contribution in [0.1, 0.15) is 64.3 Å². The van der Waals surface area contributed by atoms with Gasteiger partial charge in [-0.3, -0.25) is 0 Å². The van der Waals surface area contributed by atoms with Gasteiger partial charge in [0.05, 0.1) is 22.8 Å². The quantitative estimate of drug-likeness (QED) is 0.116. The van der Waals surface area contributed by atoms with Crippen LogP contribution in [-0.2, 0) is 5.41 Å². The average Bonchev–Trinajstić information content (AvgIpc) is 3.72. The highest BCUT2D eigenvalue weighted by Gasteiger charge is 2.49. The monoisotopic (exact) mass is 876 g/mol. The first kappa shape index (κ1) is 43.1. The van der Waals surface area contributed by atoms with Crippen LogP contribution in [0.4, 0.5) is 0 Å². The molecule has 0 saturated carbocycles. The number of ether oxygens (including phenoxy) is 2.